The Balaban J connectivity index is 1.41. The average molecular weight is 324 g/mol. The van der Waals surface area contributed by atoms with E-state index in [1.807, 2.05) is 25.1 Å². The van der Waals surface area contributed by atoms with E-state index in [-0.39, 0.29) is 5.56 Å². The van der Waals surface area contributed by atoms with Crippen LogP contribution < -0.4 is 10.9 Å². The van der Waals surface area contributed by atoms with E-state index in [2.05, 4.69) is 5.32 Å². The molecule has 0 aliphatic heterocycles. The van der Waals surface area contributed by atoms with Crippen LogP contribution in [0.2, 0.25) is 0 Å². The van der Waals surface area contributed by atoms with E-state index >= 15 is 0 Å². The molecule has 0 radical (unpaired) electrons. The van der Waals surface area contributed by atoms with Gasteiger partial charge < -0.3 is 5.32 Å². The summed E-state index contributed by atoms with van der Waals surface area (Å²) in [5.41, 5.74) is 3.14. The molecule has 4 aliphatic rings. The van der Waals surface area contributed by atoms with Gasteiger partial charge in [-0.1, -0.05) is 6.07 Å². The van der Waals surface area contributed by atoms with Crippen LogP contribution in [0.1, 0.15) is 49.9 Å². The lowest BCUT2D eigenvalue weighted by molar-refractivity contribution is -0.753. The zero-order chi connectivity index (χ0) is 16.3. The zero-order valence-corrected chi connectivity index (χ0v) is 14.4. The highest BCUT2D eigenvalue weighted by molar-refractivity contribution is 5.40. The van der Waals surface area contributed by atoms with Crippen molar-refractivity contribution in [3.8, 4) is 0 Å². The molecule has 0 saturated heterocycles. The van der Waals surface area contributed by atoms with Crippen molar-refractivity contribution < 1.29 is 5.32 Å². The third-order valence-electron chi connectivity index (χ3n) is 6.76. The van der Waals surface area contributed by atoms with Gasteiger partial charge in [0.2, 0.25) is 0 Å². The van der Waals surface area contributed by atoms with Crippen molar-refractivity contribution in [3.63, 3.8) is 0 Å². The number of nitrogens with two attached hydrogens (primary N) is 1. The van der Waals surface area contributed by atoms with Gasteiger partial charge >= 0.3 is 0 Å². The predicted molar refractivity (Wildman–Crippen MR) is 92.7 cm³/mol. The summed E-state index contributed by atoms with van der Waals surface area (Å²) >= 11 is 0. The minimum absolute atomic E-state index is 0.0482. The van der Waals surface area contributed by atoms with Gasteiger partial charge in [-0.2, -0.15) is 0 Å². The largest absolute Gasteiger partial charge is 0.336 e. The quantitative estimate of drug-likeness (QED) is 0.939. The molecule has 4 fully saturated rings. The van der Waals surface area contributed by atoms with Crippen LogP contribution in [0.25, 0.3) is 5.65 Å². The van der Waals surface area contributed by atoms with Crippen molar-refractivity contribution in [1.82, 2.24) is 9.38 Å². The van der Waals surface area contributed by atoms with Crippen LogP contribution in [0.4, 0.5) is 0 Å². The summed E-state index contributed by atoms with van der Waals surface area (Å²) in [6.07, 6.45) is 8.56. The Morgan fingerprint density at radius 1 is 1.17 bits per heavy atom. The predicted octanol–water partition coefficient (Wildman–Crippen LogP) is 2.04. The second kappa shape index (κ2) is 5.16. The topological polar surface area (TPSA) is 51.0 Å². The monoisotopic (exact) mass is 324 g/mol. The zero-order valence-electron chi connectivity index (χ0n) is 14.4. The fourth-order valence-electron chi connectivity index (χ4n) is 6.22. The van der Waals surface area contributed by atoms with Crippen molar-refractivity contribution in [1.29, 1.82) is 0 Å². The molecule has 4 saturated carbocycles. The minimum Gasteiger partial charge on any atom is -0.336 e. The number of hydrogen-bond donors (Lipinski definition) is 1. The van der Waals surface area contributed by atoms with Crippen LogP contribution in [-0.4, -0.2) is 14.9 Å². The van der Waals surface area contributed by atoms with Crippen molar-refractivity contribution in [2.24, 2.45) is 17.8 Å². The van der Waals surface area contributed by atoms with Gasteiger partial charge in [-0.15, -0.1) is 0 Å². The number of pyridine rings is 1. The Morgan fingerprint density at radius 2 is 1.83 bits per heavy atom. The molecule has 2 aromatic rings. The normalized spacial score (nSPS) is 34.1. The van der Waals surface area contributed by atoms with Crippen LogP contribution in [0.3, 0.4) is 0 Å². The van der Waals surface area contributed by atoms with Crippen molar-refractivity contribution in [3.05, 3.63) is 46.0 Å². The number of fused-ring (bicyclic) bond motifs is 1. The highest BCUT2D eigenvalue weighted by Gasteiger charge is 2.53. The Hall–Kier alpha value is -1.68. The number of hydrogen-bond acceptors (Lipinski definition) is 2. The van der Waals surface area contributed by atoms with E-state index in [9.17, 15) is 4.79 Å². The molecule has 0 amide bonds. The van der Waals surface area contributed by atoms with E-state index in [1.165, 1.54) is 38.5 Å². The summed E-state index contributed by atoms with van der Waals surface area (Å²) < 4.78 is 1.70. The standard InChI is InChI=1S/C20H25N3O/c1-13-3-2-4-18-22-17(8-19(24)23(13)18)12-21-20-9-14-5-15(10-20)7-16(6-14)11-20/h2-4,8,14-16,21H,5-7,9-12H2,1H3/p+1. The van der Waals surface area contributed by atoms with Crippen molar-refractivity contribution in [2.45, 2.75) is 57.5 Å². The molecule has 6 rings (SSSR count). The first kappa shape index (κ1) is 14.6. The number of nitrogens with zero attached hydrogens (tertiary/aromatic N) is 2. The maximum absolute atomic E-state index is 12.5. The number of rotatable bonds is 3. The molecular formula is C20H26N3O+. The van der Waals surface area contributed by atoms with E-state index in [0.29, 0.717) is 5.54 Å². The lowest BCUT2D eigenvalue weighted by atomic mass is 9.53. The van der Waals surface area contributed by atoms with E-state index in [1.54, 1.807) is 10.5 Å². The van der Waals surface area contributed by atoms with Gasteiger partial charge in [0.05, 0.1) is 5.54 Å². The molecule has 2 aromatic heterocycles. The molecule has 2 heterocycles. The summed E-state index contributed by atoms with van der Waals surface area (Å²) in [5, 5.41) is 2.53. The first-order valence-electron chi connectivity index (χ1n) is 9.43. The first-order valence-corrected chi connectivity index (χ1v) is 9.43. The van der Waals surface area contributed by atoms with Crippen LogP contribution in [0, 0.1) is 24.7 Å². The van der Waals surface area contributed by atoms with Crippen molar-refractivity contribution >= 4 is 5.65 Å². The Kier molecular flexibility index (Phi) is 3.15. The maximum Gasteiger partial charge on any atom is 0.258 e. The summed E-state index contributed by atoms with van der Waals surface area (Å²) in [4.78, 5) is 17.2. The summed E-state index contributed by atoms with van der Waals surface area (Å²) in [6.45, 7) is 2.79. The van der Waals surface area contributed by atoms with Crippen LogP contribution >= 0.6 is 0 Å². The molecule has 0 aromatic carbocycles. The molecule has 24 heavy (non-hydrogen) atoms. The molecule has 0 unspecified atom stereocenters. The highest BCUT2D eigenvalue weighted by Crippen LogP contribution is 2.54. The van der Waals surface area contributed by atoms with Gasteiger partial charge in [0, 0.05) is 31.0 Å². The van der Waals surface area contributed by atoms with Crippen LogP contribution in [-0.2, 0) is 6.54 Å². The summed E-state index contributed by atoms with van der Waals surface area (Å²) in [5.74, 6) is 2.89. The molecule has 2 N–H and O–H groups in total. The number of aryl methyl sites for hydroxylation is 1. The van der Waals surface area contributed by atoms with Crippen LogP contribution in [0.5, 0.6) is 0 Å². The fourth-order valence-corrected chi connectivity index (χ4v) is 6.22. The Bertz CT molecular complexity index is 818. The van der Waals surface area contributed by atoms with Crippen molar-refractivity contribution in [2.75, 3.05) is 0 Å². The smallest absolute Gasteiger partial charge is 0.258 e. The molecular weight excluding hydrogens is 298 g/mol. The lowest BCUT2D eigenvalue weighted by Crippen LogP contribution is -2.97. The molecule has 4 aliphatic carbocycles. The number of aromatic nitrogens is 2. The fraction of sp³-hybridized carbons (Fsp3) is 0.600. The summed E-state index contributed by atoms with van der Waals surface area (Å²) in [7, 11) is 0. The van der Waals surface area contributed by atoms with Gasteiger partial charge in [0.1, 0.15) is 17.9 Å². The second-order valence-electron chi connectivity index (χ2n) is 8.63. The van der Waals surface area contributed by atoms with Gasteiger partial charge in [0.25, 0.3) is 5.56 Å². The molecule has 4 bridgehead atoms. The lowest BCUT2D eigenvalue weighted by Gasteiger charge is -2.54. The Morgan fingerprint density at radius 3 is 2.50 bits per heavy atom. The second-order valence-corrected chi connectivity index (χ2v) is 8.63. The SMILES string of the molecule is Cc1cccc2nc(C[NH2+]C34CC5CC(CC(C5)C3)C4)cc(=O)n12. The Labute approximate surface area is 142 Å². The van der Waals surface area contributed by atoms with Crippen LogP contribution in [0.15, 0.2) is 29.1 Å². The third-order valence-corrected chi connectivity index (χ3v) is 6.76. The van der Waals surface area contributed by atoms with Gasteiger partial charge in [-0.05, 0) is 56.1 Å². The third kappa shape index (κ3) is 2.31. The first-order chi connectivity index (χ1) is 11.6. The number of quaternary nitrogens is 1. The van der Waals surface area contributed by atoms with E-state index in [4.69, 9.17) is 4.98 Å². The van der Waals surface area contributed by atoms with E-state index < -0.39 is 0 Å². The summed E-state index contributed by atoms with van der Waals surface area (Å²) in [6, 6.07) is 7.60. The highest BCUT2D eigenvalue weighted by atomic mass is 16.1. The van der Waals surface area contributed by atoms with Gasteiger partial charge in [0.15, 0.2) is 0 Å². The average Bonchev–Trinajstić information content (AvgIpc) is 2.51. The molecule has 0 atom stereocenters. The van der Waals surface area contributed by atoms with E-state index in [0.717, 1.165) is 41.3 Å². The minimum atomic E-state index is 0.0482. The molecule has 4 heteroatoms. The molecule has 0 spiro atoms. The maximum atomic E-state index is 12.5. The van der Waals surface area contributed by atoms with Gasteiger partial charge in [-0.3, -0.25) is 9.20 Å². The molecule has 4 nitrogen and oxygen atoms in total. The molecule has 126 valence electrons. The van der Waals surface area contributed by atoms with Gasteiger partial charge in [-0.25, -0.2) is 4.98 Å².